The molecule has 0 radical (unpaired) electrons. The third kappa shape index (κ3) is 3.21. The molecule has 4 heteroatoms. The highest BCUT2D eigenvalue weighted by Crippen LogP contribution is 2.47. The standard InChI is InChI=1S/C17H18N2O2/c1-21-14-4-2-13(3-5-14)15-10-16(15)17(20)19-11-12-6-8-18-9-7-12/h2-9,15-16H,10-11H2,1H3,(H,19,20). The van der Waals surface area contributed by atoms with Gasteiger partial charge in [-0.1, -0.05) is 12.1 Å². The molecule has 0 aliphatic heterocycles. The van der Waals surface area contributed by atoms with Crippen LogP contribution in [0.4, 0.5) is 0 Å². The zero-order valence-corrected chi connectivity index (χ0v) is 12.0. The fraction of sp³-hybridized carbons (Fsp3) is 0.294. The lowest BCUT2D eigenvalue weighted by atomic mass is 10.1. The van der Waals surface area contributed by atoms with E-state index in [0.29, 0.717) is 12.5 Å². The number of benzene rings is 1. The summed E-state index contributed by atoms with van der Waals surface area (Å²) >= 11 is 0. The first kappa shape index (κ1) is 13.6. The van der Waals surface area contributed by atoms with Crippen molar-refractivity contribution < 1.29 is 9.53 Å². The van der Waals surface area contributed by atoms with Crippen molar-refractivity contribution in [2.24, 2.45) is 5.92 Å². The molecule has 1 fully saturated rings. The van der Waals surface area contributed by atoms with Crippen molar-refractivity contribution in [1.82, 2.24) is 10.3 Å². The molecular weight excluding hydrogens is 264 g/mol. The Balaban J connectivity index is 1.53. The van der Waals surface area contributed by atoms with Crippen LogP contribution in [0.25, 0.3) is 0 Å². The molecule has 1 aliphatic rings. The summed E-state index contributed by atoms with van der Waals surface area (Å²) in [4.78, 5) is 16.1. The third-order valence-electron chi connectivity index (χ3n) is 3.89. The highest BCUT2D eigenvalue weighted by atomic mass is 16.5. The molecule has 108 valence electrons. The van der Waals surface area contributed by atoms with Gasteiger partial charge in [0.05, 0.1) is 7.11 Å². The summed E-state index contributed by atoms with van der Waals surface area (Å²) in [6.07, 6.45) is 4.39. The number of carbonyl (C=O) groups excluding carboxylic acids is 1. The van der Waals surface area contributed by atoms with E-state index < -0.39 is 0 Å². The van der Waals surface area contributed by atoms with E-state index in [0.717, 1.165) is 17.7 Å². The van der Waals surface area contributed by atoms with Crippen molar-refractivity contribution >= 4 is 5.91 Å². The van der Waals surface area contributed by atoms with E-state index in [1.165, 1.54) is 5.56 Å². The molecule has 1 aromatic carbocycles. The van der Waals surface area contributed by atoms with Gasteiger partial charge in [0.15, 0.2) is 0 Å². The van der Waals surface area contributed by atoms with Gasteiger partial charge in [-0.2, -0.15) is 0 Å². The lowest BCUT2D eigenvalue weighted by Gasteiger charge is -2.05. The summed E-state index contributed by atoms with van der Waals surface area (Å²) in [5, 5.41) is 2.99. The Morgan fingerprint density at radius 1 is 1.24 bits per heavy atom. The molecule has 1 amide bonds. The predicted molar refractivity (Wildman–Crippen MR) is 79.9 cm³/mol. The van der Waals surface area contributed by atoms with E-state index >= 15 is 0 Å². The molecule has 0 saturated heterocycles. The van der Waals surface area contributed by atoms with E-state index in [2.05, 4.69) is 10.3 Å². The van der Waals surface area contributed by atoms with E-state index in [4.69, 9.17) is 4.74 Å². The maximum Gasteiger partial charge on any atom is 0.224 e. The van der Waals surface area contributed by atoms with Gasteiger partial charge in [0.25, 0.3) is 0 Å². The molecule has 1 N–H and O–H groups in total. The number of pyridine rings is 1. The summed E-state index contributed by atoms with van der Waals surface area (Å²) in [5.74, 6) is 1.42. The van der Waals surface area contributed by atoms with Gasteiger partial charge in [-0.25, -0.2) is 0 Å². The molecular formula is C17H18N2O2. The highest BCUT2D eigenvalue weighted by Gasteiger charge is 2.43. The van der Waals surface area contributed by atoms with E-state index in [9.17, 15) is 4.79 Å². The second-order valence-corrected chi connectivity index (χ2v) is 5.30. The quantitative estimate of drug-likeness (QED) is 0.916. The van der Waals surface area contributed by atoms with Gasteiger partial charge in [0.2, 0.25) is 5.91 Å². The number of nitrogens with zero attached hydrogens (tertiary/aromatic N) is 1. The zero-order chi connectivity index (χ0) is 14.7. The Morgan fingerprint density at radius 2 is 1.95 bits per heavy atom. The van der Waals surface area contributed by atoms with Crippen LogP contribution in [-0.4, -0.2) is 18.0 Å². The maximum absolute atomic E-state index is 12.1. The Bertz CT molecular complexity index is 610. The number of nitrogens with one attached hydrogen (secondary N) is 1. The smallest absolute Gasteiger partial charge is 0.224 e. The summed E-state index contributed by atoms with van der Waals surface area (Å²) in [6.45, 7) is 0.563. The molecule has 21 heavy (non-hydrogen) atoms. The van der Waals surface area contributed by atoms with Crippen molar-refractivity contribution in [3.8, 4) is 5.75 Å². The molecule has 2 aromatic rings. The number of rotatable bonds is 5. The van der Waals surface area contributed by atoms with Crippen LogP contribution >= 0.6 is 0 Å². The number of aromatic nitrogens is 1. The van der Waals surface area contributed by atoms with Crippen LogP contribution < -0.4 is 10.1 Å². The van der Waals surface area contributed by atoms with Gasteiger partial charge in [-0.05, 0) is 47.7 Å². The second-order valence-electron chi connectivity index (χ2n) is 5.30. The Hall–Kier alpha value is -2.36. The molecule has 3 rings (SSSR count). The third-order valence-corrected chi connectivity index (χ3v) is 3.89. The monoisotopic (exact) mass is 282 g/mol. The normalized spacial score (nSPS) is 19.9. The minimum atomic E-state index is 0.0974. The molecule has 1 aliphatic carbocycles. The number of hydrogen-bond acceptors (Lipinski definition) is 3. The number of carbonyl (C=O) groups is 1. The molecule has 1 saturated carbocycles. The lowest BCUT2D eigenvalue weighted by Crippen LogP contribution is -2.24. The Labute approximate surface area is 124 Å². The zero-order valence-electron chi connectivity index (χ0n) is 12.0. The van der Waals surface area contributed by atoms with Crippen LogP contribution in [0.15, 0.2) is 48.8 Å². The average molecular weight is 282 g/mol. The first-order valence-corrected chi connectivity index (χ1v) is 7.08. The fourth-order valence-corrected chi connectivity index (χ4v) is 2.53. The van der Waals surface area contributed by atoms with Crippen LogP contribution in [0.1, 0.15) is 23.5 Å². The van der Waals surface area contributed by atoms with Crippen molar-refractivity contribution in [1.29, 1.82) is 0 Å². The largest absolute Gasteiger partial charge is 0.497 e. The van der Waals surface area contributed by atoms with Gasteiger partial charge in [-0.3, -0.25) is 9.78 Å². The minimum absolute atomic E-state index is 0.0974. The molecule has 2 atom stereocenters. The first-order valence-electron chi connectivity index (χ1n) is 7.08. The van der Waals surface area contributed by atoms with Gasteiger partial charge in [-0.15, -0.1) is 0 Å². The minimum Gasteiger partial charge on any atom is -0.497 e. The topological polar surface area (TPSA) is 51.2 Å². The van der Waals surface area contributed by atoms with Crippen molar-refractivity contribution in [3.63, 3.8) is 0 Å². The molecule has 4 nitrogen and oxygen atoms in total. The molecule has 1 heterocycles. The SMILES string of the molecule is COc1ccc(C2CC2C(=O)NCc2ccncc2)cc1. The Morgan fingerprint density at radius 3 is 2.62 bits per heavy atom. The van der Waals surface area contributed by atoms with Crippen LogP contribution in [0.3, 0.4) is 0 Å². The van der Waals surface area contributed by atoms with Gasteiger partial charge in [0, 0.05) is 24.9 Å². The van der Waals surface area contributed by atoms with Crippen LogP contribution in [-0.2, 0) is 11.3 Å². The van der Waals surface area contributed by atoms with Crippen molar-refractivity contribution in [2.45, 2.75) is 18.9 Å². The summed E-state index contributed by atoms with van der Waals surface area (Å²) in [6, 6.07) is 11.8. The van der Waals surface area contributed by atoms with Gasteiger partial charge < -0.3 is 10.1 Å². The van der Waals surface area contributed by atoms with Gasteiger partial charge in [0.1, 0.15) is 5.75 Å². The summed E-state index contributed by atoms with van der Waals surface area (Å²) in [5.41, 5.74) is 2.28. The predicted octanol–water partition coefficient (Wildman–Crippen LogP) is 2.51. The number of amides is 1. The van der Waals surface area contributed by atoms with E-state index in [1.54, 1.807) is 19.5 Å². The van der Waals surface area contributed by atoms with Crippen LogP contribution in [0, 0.1) is 5.92 Å². The van der Waals surface area contributed by atoms with Crippen molar-refractivity contribution in [3.05, 3.63) is 59.9 Å². The molecule has 1 aromatic heterocycles. The summed E-state index contributed by atoms with van der Waals surface area (Å²) in [7, 11) is 1.65. The maximum atomic E-state index is 12.1. The van der Waals surface area contributed by atoms with Crippen molar-refractivity contribution in [2.75, 3.05) is 7.11 Å². The highest BCUT2D eigenvalue weighted by molar-refractivity contribution is 5.82. The van der Waals surface area contributed by atoms with E-state index in [1.807, 2.05) is 36.4 Å². The number of hydrogen-bond donors (Lipinski definition) is 1. The van der Waals surface area contributed by atoms with Crippen LogP contribution in [0.2, 0.25) is 0 Å². The number of ether oxygens (including phenoxy) is 1. The first-order chi connectivity index (χ1) is 10.3. The summed E-state index contributed by atoms with van der Waals surface area (Å²) < 4.78 is 5.15. The average Bonchev–Trinajstić information content (AvgIpc) is 3.34. The molecule has 0 bridgehead atoms. The molecule has 2 unspecified atom stereocenters. The molecule has 0 spiro atoms. The van der Waals surface area contributed by atoms with Crippen LogP contribution in [0.5, 0.6) is 5.75 Å². The van der Waals surface area contributed by atoms with E-state index in [-0.39, 0.29) is 11.8 Å². The Kier molecular flexibility index (Phi) is 3.86. The van der Waals surface area contributed by atoms with Gasteiger partial charge >= 0.3 is 0 Å². The fourth-order valence-electron chi connectivity index (χ4n) is 2.53. The second kappa shape index (κ2) is 5.95. The number of methoxy groups -OCH3 is 1. The lowest BCUT2D eigenvalue weighted by molar-refractivity contribution is -0.122.